The van der Waals surface area contributed by atoms with E-state index in [-0.39, 0.29) is 17.8 Å². The van der Waals surface area contributed by atoms with E-state index in [4.69, 9.17) is 0 Å². The number of para-hydroxylation sites is 2. The molecule has 1 saturated carbocycles. The Labute approximate surface area is 158 Å². The first-order chi connectivity index (χ1) is 13.1. The van der Waals surface area contributed by atoms with Crippen molar-refractivity contribution in [3.05, 3.63) is 65.7 Å². The maximum absolute atomic E-state index is 14.7. The van der Waals surface area contributed by atoms with Gasteiger partial charge in [0.2, 0.25) is 0 Å². The highest BCUT2D eigenvalue weighted by molar-refractivity contribution is 5.94. The molecule has 2 aromatic carbocycles. The van der Waals surface area contributed by atoms with Crippen LogP contribution in [-0.2, 0) is 6.54 Å². The van der Waals surface area contributed by atoms with Crippen molar-refractivity contribution >= 4 is 16.9 Å². The van der Waals surface area contributed by atoms with Crippen molar-refractivity contribution in [1.82, 2.24) is 14.5 Å². The Morgan fingerprint density at radius 1 is 1.19 bits per heavy atom. The molecule has 1 heterocycles. The smallest absolute Gasteiger partial charge is 0.253 e. The van der Waals surface area contributed by atoms with Crippen LogP contribution in [0.1, 0.15) is 48.0 Å². The molecule has 0 saturated heterocycles. The quantitative estimate of drug-likeness (QED) is 0.676. The van der Waals surface area contributed by atoms with Crippen LogP contribution in [0.2, 0.25) is 0 Å². The number of aromatic nitrogens is 2. The van der Waals surface area contributed by atoms with Crippen molar-refractivity contribution in [2.24, 2.45) is 0 Å². The normalized spacial score (nSPS) is 15.2. The van der Waals surface area contributed by atoms with Gasteiger partial charge in [0.1, 0.15) is 5.82 Å². The molecular weight excluding hydrogens is 341 g/mol. The minimum Gasteiger partial charge on any atom is -0.339 e. The number of rotatable bonds is 4. The van der Waals surface area contributed by atoms with Crippen LogP contribution in [0.15, 0.2) is 48.8 Å². The van der Waals surface area contributed by atoms with Gasteiger partial charge in [0.05, 0.1) is 23.9 Å². The number of benzene rings is 2. The van der Waals surface area contributed by atoms with Crippen molar-refractivity contribution in [2.75, 3.05) is 7.05 Å². The zero-order valence-corrected chi connectivity index (χ0v) is 15.6. The lowest BCUT2D eigenvalue weighted by atomic mass is 9.94. The van der Waals surface area contributed by atoms with Gasteiger partial charge in [-0.2, -0.15) is 0 Å². The molecule has 0 unspecified atom stereocenters. The summed E-state index contributed by atoms with van der Waals surface area (Å²) in [5, 5.41) is 0. The summed E-state index contributed by atoms with van der Waals surface area (Å²) in [7, 11) is 1.84. The van der Waals surface area contributed by atoms with Gasteiger partial charge in [-0.15, -0.1) is 0 Å². The molecule has 1 aliphatic carbocycles. The topological polar surface area (TPSA) is 38.1 Å². The lowest BCUT2D eigenvalue weighted by molar-refractivity contribution is 0.0695. The predicted octanol–water partition coefficient (Wildman–Crippen LogP) is 4.63. The molecule has 1 aromatic heterocycles. The Hall–Kier alpha value is -2.69. The van der Waals surface area contributed by atoms with Crippen LogP contribution in [-0.4, -0.2) is 33.4 Å². The molecule has 1 amide bonds. The maximum Gasteiger partial charge on any atom is 0.253 e. The van der Waals surface area contributed by atoms with Crippen LogP contribution in [0.4, 0.5) is 4.39 Å². The number of imidazole rings is 1. The summed E-state index contributed by atoms with van der Waals surface area (Å²) in [6, 6.07) is 12.9. The van der Waals surface area contributed by atoms with Gasteiger partial charge in [-0.25, -0.2) is 9.37 Å². The van der Waals surface area contributed by atoms with E-state index >= 15 is 0 Å². The summed E-state index contributed by atoms with van der Waals surface area (Å²) < 4.78 is 16.6. The first-order valence-corrected chi connectivity index (χ1v) is 9.59. The van der Waals surface area contributed by atoms with Crippen LogP contribution in [0.25, 0.3) is 11.0 Å². The van der Waals surface area contributed by atoms with Crippen molar-refractivity contribution in [1.29, 1.82) is 0 Å². The molecule has 140 valence electrons. The SMILES string of the molecule is CN(C(=O)c1ccc(Cn2cnc3ccccc32)c(F)c1)C1CCCCC1. The molecular formula is C22H24FN3O. The zero-order valence-electron chi connectivity index (χ0n) is 15.6. The number of halogens is 1. The Bertz CT molecular complexity index is 959. The summed E-state index contributed by atoms with van der Waals surface area (Å²) in [5.74, 6) is -0.448. The van der Waals surface area contributed by atoms with Gasteiger partial charge in [0.25, 0.3) is 5.91 Å². The van der Waals surface area contributed by atoms with Crippen LogP contribution >= 0.6 is 0 Å². The molecule has 0 aliphatic heterocycles. The van der Waals surface area contributed by atoms with Gasteiger partial charge in [0.15, 0.2) is 0 Å². The Morgan fingerprint density at radius 2 is 1.96 bits per heavy atom. The summed E-state index contributed by atoms with van der Waals surface area (Å²) in [6.45, 7) is 0.388. The molecule has 1 fully saturated rings. The molecule has 4 nitrogen and oxygen atoms in total. The molecule has 0 N–H and O–H groups in total. The lowest BCUT2D eigenvalue weighted by Gasteiger charge is -2.31. The summed E-state index contributed by atoms with van der Waals surface area (Å²) >= 11 is 0. The third kappa shape index (κ3) is 3.59. The molecule has 27 heavy (non-hydrogen) atoms. The number of fused-ring (bicyclic) bond motifs is 1. The number of carbonyl (C=O) groups is 1. The van der Waals surface area contributed by atoms with E-state index in [2.05, 4.69) is 4.98 Å². The monoisotopic (exact) mass is 365 g/mol. The number of carbonyl (C=O) groups excluding carboxylic acids is 1. The van der Waals surface area contributed by atoms with Crippen molar-refractivity contribution < 1.29 is 9.18 Å². The maximum atomic E-state index is 14.7. The Balaban J connectivity index is 1.52. The molecule has 0 atom stereocenters. The van der Waals surface area contributed by atoms with Crippen molar-refractivity contribution in [3.63, 3.8) is 0 Å². The van der Waals surface area contributed by atoms with Crippen LogP contribution in [0.5, 0.6) is 0 Å². The minimum absolute atomic E-state index is 0.0968. The van der Waals surface area contributed by atoms with E-state index in [1.807, 2.05) is 35.9 Å². The van der Waals surface area contributed by atoms with E-state index < -0.39 is 0 Å². The third-order valence-corrected chi connectivity index (χ3v) is 5.61. The van der Waals surface area contributed by atoms with Gasteiger partial charge in [-0.3, -0.25) is 4.79 Å². The highest BCUT2D eigenvalue weighted by Gasteiger charge is 2.23. The molecule has 0 radical (unpaired) electrons. The number of hydrogen-bond donors (Lipinski definition) is 0. The number of amides is 1. The molecule has 1 aliphatic rings. The van der Waals surface area contributed by atoms with Crippen molar-refractivity contribution in [3.8, 4) is 0 Å². The van der Waals surface area contributed by atoms with Crippen LogP contribution in [0.3, 0.4) is 0 Å². The summed E-state index contributed by atoms with van der Waals surface area (Å²) in [4.78, 5) is 18.9. The van der Waals surface area contributed by atoms with Gasteiger partial charge >= 0.3 is 0 Å². The molecule has 0 bridgehead atoms. The van der Waals surface area contributed by atoms with Crippen LogP contribution in [0, 0.1) is 5.82 Å². The fourth-order valence-electron chi connectivity index (χ4n) is 3.97. The van der Waals surface area contributed by atoms with Crippen molar-refractivity contribution in [2.45, 2.75) is 44.7 Å². The molecule has 4 rings (SSSR count). The molecule has 3 aromatic rings. The Kier molecular flexibility index (Phi) is 4.92. The van der Waals surface area contributed by atoms with E-state index in [0.29, 0.717) is 17.7 Å². The Morgan fingerprint density at radius 3 is 2.74 bits per heavy atom. The largest absolute Gasteiger partial charge is 0.339 e. The lowest BCUT2D eigenvalue weighted by Crippen LogP contribution is -2.38. The van der Waals surface area contributed by atoms with Gasteiger partial charge in [0, 0.05) is 24.2 Å². The first kappa shape index (κ1) is 17.7. The number of nitrogens with zero attached hydrogens (tertiary/aromatic N) is 3. The highest BCUT2D eigenvalue weighted by Crippen LogP contribution is 2.24. The van der Waals surface area contributed by atoms with E-state index in [1.54, 1.807) is 23.4 Å². The van der Waals surface area contributed by atoms with E-state index in [1.165, 1.54) is 12.5 Å². The predicted molar refractivity (Wildman–Crippen MR) is 104 cm³/mol. The minimum atomic E-state index is -0.351. The van der Waals surface area contributed by atoms with E-state index in [0.717, 1.165) is 36.7 Å². The zero-order chi connectivity index (χ0) is 18.8. The number of hydrogen-bond acceptors (Lipinski definition) is 2. The van der Waals surface area contributed by atoms with E-state index in [9.17, 15) is 9.18 Å². The molecule has 5 heteroatoms. The standard InChI is InChI=1S/C22H24FN3O/c1-25(18-7-3-2-4-8-18)22(27)16-11-12-17(19(23)13-16)14-26-15-24-20-9-5-6-10-21(20)26/h5-6,9-13,15,18H,2-4,7-8,14H2,1H3. The average Bonchev–Trinajstić information content (AvgIpc) is 3.12. The third-order valence-electron chi connectivity index (χ3n) is 5.61. The van der Waals surface area contributed by atoms with Gasteiger partial charge < -0.3 is 9.47 Å². The van der Waals surface area contributed by atoms with Crippen LogP contribution < -0.4 is 0 Å². The molecule has 0 spiro atoms. The second kappa shape index (κ2) is 7.51. The second-order valence-electron chi connectivity index (χ2n) is 7.38. The highest BCUT2D eigenvalue weighted by atomic mass is 19.1. The second-order valence-corrected chi connectivity index (χ2v) is 7.38. The average molecular weight is 365 g/mol. The fraction of sp³-hybridized carbons (Fsp3) is 0.364. The summed E-state index contributed by atoms with van der Waals surface area (Å²) in [6.07, 6.45) is 7.36. The summed E-state index contributed by atoms with van der Waals surface area (Å²) in [5.41, 5.74) is 2.82. The fourth-order valence-corrected chi connectivity index (χ4v) is 3.97. The first-order valence-electron chi connectivity index (χ1n) is 9.59. The van der Waals surface area contributed by atoms with Gasteiger partial charge in [-0.05, 0) is 37.1 Å². The van der Waals surface area contributed by atoms with Gasteiger partial charge in [-0.1, -0.05) is 37.5 Å².